The molecular weight excluding hydrogens is 244 g/mol. The van der Waals surface area contributed by atoms with Crippen LogP contribution in [0.5, 0.6) is 17.8 Å². The summed E-state index contributed by atoms with van der Waals surface area (Å²) in [6.45, 7) is 2.57. The lowest BCUT2D eigenvalue weighted by Crippen LogP contribution is -2.06. The second-order valence-corrected chi connectivity index (χ2v) is 3.74. The van der Waals surface area contributed by atoms with Crippen LogP contribution in [0.1, 0.15) is 13.3 Å². The highest BCUT2D eigenvalue weighted by molar-refractivity contribution is 5.29. The van der Waals surface area contributed by atoms with Crippen LogP contribution in [-0.4, -0.2) is 28.6 Å². The van der Waals surface area contributed by atoms with Crippen LogP contribution in [-0.2, 0) is 0 Å². The van der Waals surface area contributed by atoms with E-state index < -0.39 is 0 Å². The molecule has 0 saturated heterocycles. The van der Waals surface area contributed by atoms with Crippen molar-refractivity contribution < 1.29 is 9.47 Å². The van der Waals surface area contributed by atoms with Gasteiger partial charge in [0, 0.05) is 7.05 Å². The predicted octanol–water partition coefficient (Wildman–Crippen LogP) is 2.49. The van der Waals surface area contributed by atoms with Crippen LogP contribution in [0.2, 0.25) is 0 Å². The van der Waals surface area contributed by atoms with E-state index in [1.807, 2.05) is 37.3 Å². The molecule has 6 heteroatoms. The van der Waals surface area contributed by atoms with E-state index in [-0.39, 0.29) is 12.0 Å². The minimum absolute atomic E-state index is 0.205. The van der Waals surface area contributed by atoms with E-state index in [1.54, 1.807) is 7.05 Å². The summed E-state index contributed by atoms with van der Waals surface area (Å²) in [6.07, 6.45) is 0.884. The second-order valence-electron chi connectivity index (χ2n) is 3.74. The molecule has 19 heavy (non-hydrogen) atoms. The molecule has 2 aromatic rings. The molecule has 0 amide bonds. The van der Waals surface area contributed by atoms with E-state index in [1.165, 1.54) is 0 Å². The second kappa shape index (κ2) is 6.53. The first-order valence-electron chi connectivity index (χ1n) is 6.11. The van der Waals surface area contributed by atoms with Crippen molar-refractivity contribution in [1.82, 2.24) is 15.0 Å². The van der Waals surface area contributed by atoms with Gasteiger partial charge in [-0.15, -0.1) is 4.98 Å². The van der Waals surface area contributed by atoms with Crippen molar-refractivity contribution in [1.29, 1.82) is 0 Å². The van der Waals surface area contributed by atoms with E-state index in [0.717, 1.165) is 6.42 Å². The Labute approximate surface area is 111 Å². The Kier molecular flexibility index (Phi) is 4.49. The minimum Gasteiger partial charge on any atom is -0.463 e. The van der Waals surface area contributed by atoms with Gasteiger partial charge >= 0.3 is 12.0 Å². The molecule has 1 N–H and O–H groups in total. The Hall–Kier alpha value is -2.37. The van der Waals surface area contributed by atoms with E-state index in [9.17, 15) is 0 Å². The SMILES string of the molecule is CCCOc1nc(NC)nc(Oc2ccccc2)n1. The number of hydrogen-bond acceptors (Lipinski definition) is 6. The van der Waals surface area contributed by atoms with Crippen molar-refractivity contribution in [2.24, 2.45) is 0 Å². The van der Waals surface area contributed by atoms with Crippen LogP contribution in [0.4, 0.5) is 5.95 Å². The molecule has 1 aromatic heterocycles. The number of hydrogen-bond donors (Lipinski definition) is 1. The molecule has 0 aliphatic carbocycles. The maximum absolute atomic E-state index is 5.56. The molecule has 0 saturated carbocycles. The summed E-state index contributed by atoms with van der Waals surface area (Å²) in [6, 6.07) is 9.79. The van der Waals surface area contributed by atoms with Gasteiger partial charge in [-0.2, -0.15) is 9.97 Å². The molecule has 0 fully saturated rings. The summed E-state index contributed by atoms with van der Waals surface area (Å²) >= 11 is 0. The third-order valence-electron chi connectivity index (χ3n) is 2.21. The number of aromatic nitrogens is 3. The summed E-state index contributed by atoms with van der Waals surface area (Å²) in [5.74, 6) is 1.07. The Morgan fingerprint density at radius 1 is 1.05 bits per heavy atom. The highest BCUT2D eigenvalue weighted by atomic mass is 16.5. The maximum atomic E-state index is 5.56. The number of ether oxygens (including phenoxy) is 2. The van der Waals surface area contributed by atoms with Gasteiger partial charge < -0.3 is 14.8 Å². The third-order valence-corrected chi connectivity index (χ3v) is 2.21. The molecule has 0 unspecified atom stereocenters. The van der Waals surface area contributed by atoms with Crippen molar-refractivity contribution >= 4 is 5.95 Å². The van der Waals surface area contributed by atoms with Gasteiger partial charge in [0.15, 0.2) is 0 Å². The lowest BCUT2D eigenvalue weighted by atomic mass is 10.3. The third kappa shape index (κ3) is 3.80. The standard InChI is InChI=1S/C13H16N4O2/c1-3-9-18-12-15-11(14-2)16-13(17-12)19-10-7-5-4-6-8-10/h4-8H,3,9H2,1-2H3,(H,14,15,16,17). The van der Waals surface area contributed by atoms with Crippen LogP contribution in [0.3, 0.4) is 0 Å². The van der Waals surface area contributed by atoms with Crippen LogP contribution < -0.4 is 14.8 Å². The Bertz CT molecular complexity index is 519. The average Bonchev–Trinajstić information content (AvgIpc) is 2.46. The zero-order valence-corrected chi connectivity index (χ0v) is 11.0. The summed E-state index contributed by atoms with van der Waals surface area (Å²) < 4.78 is 11.0. The van der Waals surface area contributed by atoms with Gasteiger partial charge in [-0.1, -0.05) is 25.1 Å². The smallest absolute Gasteiger partial charge is 0.330 e. The van der Waals surface area contributed by atoms with E-state index >= 15 is 0 Å². The molecule has 0 aliphatic heterocycles. The topological polar surface area (TPSA) is 69.2 Å². The molecule has 0 aliphatic rings. The van der Waals surface area contributed by atoms with E-state index in [2.05, 4.69) is 20.3 Å². The monoisotopic (exact) mass is 260 g/mol. The Morgan fingerprint density at radius 3 is 2.47 bits per heavy atom. The van der Waals surface area contributed by atoms with Crippen LogP contribution in [0.25, 0.3) is 0 Å². The van der Waals surface area contributed by atoms with Gasteiger partial charge in [0.25, 0.3) is 0 Å². The number of nitrogens with one attached hydrogen (secondary N) is 1. The van der Waals surface area contributed by atoms with Crippen molar-refractivity contribution in [3.8, 4) is 17.8 Å². The van der Waals surface area contributed by atoms with Gasteiger partial charge in [-0.25, -0.2) is 0 Å². The van der Waals surface area contributed by atoms with Crippen LogP contribution >= 0.6 is 0 Å². The molecule has 0 bridgehead atoms. The molecule has 0 radical (unpaired) electrons. The molecule has 1 heterocycles. The molecule has 6 nitrogen and oxygen atoms in total. The number of rotatable bonds is 6. The number of nitrogens with zero attached hydrogens (tertiary/aromatic N) is 3. The molecule has 100 valence electrons. The fourth-order valence-corrected chi connectivity index (χ4v) is 1.35. The van der Waals surface area contributed by atoms with Gasteiger partial charge in [-0.05, 0) is 18.6 Å². The molecule has 1 aromatic carbocycles. The van der Waals surface area contributed by atoms with Crippen LogP contribution in [0.15, 0.2) is 30.3 Å². The van der Waals surface area contributed by atoms with E-state index in [4.69, 9.17) is 9.47 Å². The quantitative estimate of drug-likeness (QED) is 0.860. The van der Waals surface area contributed by atoms with Gasteiger partial charge in [-0.3, -0.25) is 0 Å². The fraction of sp³-hybridized carbons (Fsp3) is 0.308. The number of para-hydroxylation sites is 1. The number of benzene rings is 1. The summed E-state index contributed by atoms with van der Waals surface area (Å²) in [4.78, 5) is 12.3. The average molecular weight is 260 g/mol. The van der Waals surface area contributed by atoms with Crippen molar-refractivity contribution in [2.45, 2.75) is 13.3 Å². The van der Waals surface area contributed by atoms with Crippen LogP contribution in [0, 0.1) is 0 Å². The zero-order chi connectivity index (χ0) is 13.5. The van der Waals surface area contributed by atoms with Crippen molar-refractivity contribution in [3.63, 3.8) is 0 Å². The zero-order valence-electron chi connectivity index (χ0n) is 11.0. The van der Waals surface area contributed by atoms with Crippen molar-refractivity contribution in [2.75, 3.05) is 19.0 Å². The lowest BCUT2D eigenvalue weighted by Gasteiger charge is -2.08. The summed E-state index contributed by atoms with van der Waals surface area (Å²) in [5, 5.41) is 2.85. The highest BCUT2D eigenvalue weighted by Crippen LogP contribution is 2.19. The Morgan fingerprint density at radius 2 is 1.79 bits per heavy atom. The first-order valence-corrected chi connectivity index (χ1v) is 6.11. The molecular formula is C13H16N4O2. The van der Waals surface area contributed by atoms with Gasteiger partial charge in [0.05, 0.1) is 6.61 Å². The van der Waals surface area contributed by atoms with Gasteiger partial charge in [0.2, 0.25) is 5.95 Å². The molecule has 0 atom stereocenters. The summed E-state index contributed by atoms with van der Waals surface area (Å²) in [5.41, 5.74) is 0. The Balaban J connectivity index is 2.19. The minimum atomic E-state index is 0.205. The van der Waals surface area contributed by atoms with E-state index in [0.29, 0.717) is 18.3 Å². The maximum Gasteiger partial charge on any atom is 0.330 e. The number of anilines is 1. The normalized spacial score (nSPS) is 10.0. The first kappa shape index (κ1) is 13.1. The largest absolute Gasteiger partial charge is 0.463 e. The lowest BCUT2D eigenvalue weighted by molar-refractivity contribution is 0.285. The first-order chi connectivity index (χ1) is 9.31. The summed E-state index contributed by atoms with van der Waals surface area (Å²) in [7, 11) is 1.73. The fourth-order valence-electron chi connectivity index (χ4n) is 1.35. The molecule has 0 spiro atoms. The highest BCUT2D eigenvalue weighted by Gasteiger charge is 2.08. The molecule has 2 rings (SSSR count). The van der Waals surface area contributed by atoms with Crippen molar-refractivity contribution in [3.05, 3.63) is 30.3 Å². The van der Waals surface area contributed by atoms with Gasteiger partial charge in [0.1, 0.15) is 5.75 Å². The predicted molar refractivity (Wildman–Crippen MR) is 71.7 cm³/mol.